The highest BCUT2D eigenvalue weighted by atomic mass is 32.1. The van der Waals surface area contributed by atoms with Crippen LogP contribution in [0, 0.1) is 10.2 Å². The number of nitrogens with zero attached hydrogens (tertiary/aromatic N) is 3. The molecular weight excluding hydrogens is 268 g/mol. The molecule has 1 saturated carbocycles. The van der Waals surface area contributed by atoms with E-state index in [0.717, 1.165) is 16.2 Å². The first-order valence-electron chi connectivity index (χ1n) is 7.17. The van der Waals surface area contributed by atoms with E-state index in [4.69, 9.17) is 12.2 Å². The summed E-state index contributed by atoms with van der Waals surface area (Å²) in [6.45, 7) is 4.67. The van der Waals surface area contributed by atoms with Gasteiger partial charge in [0.05, 0.1) is 0 Å². The lowest BCUT2D eigenvalue weighted by Crippen LogP contribution is -2.31. The maximum absolute atomic E-state index is 5.49. The highest BCUT2D eigenvalue weighted by molar-refractivity contribution is 7.71. The molecule has 2 heterocycles. The highest BCUT2D eigenvalue weighted by Gasteiger charge is 2.35. The molecule has 5 heteroatoms. The van der Waals surface area contributed by atoms with Gasteiger partial charge in [-0.15, -0.1) is 0 Å². The van der Waals surface area contributed by atoms with E-state index in [0.29, 0.717) is 6.04 Å². The van der Waals surface area contributed by atoms with Crippen LogP contribution in [0.4, 0.5) is 0 Å². The second kappa shape index (κ2) is 5.13. The summed E-state index contributed by atoms with van der Waals surface area (Å²) in [5, 5.41) is 7.41. The van der Waals surface area contributed by atoms with Gasteiger partial charge in [-0.2, -0.15) is 5.10 Å². The zero-order chi connectivity index (χ0) is 14.2. The predicted octanol–water partition coefficient (Wildman–Crippen LogP) is 4.14. The Hall–Kier alpha value is -1.49. The van der Waals surface area contributed by atoms with Crippen molar-refractivity contribution >= 4 is 12.2 Å². The number of rotatable bonds is 2. The van der Waals surface area contributed by atoms with Crippen LogP contribution >= 0.6 is 12.2 Å². The fourth-order valence-electron chi connectivity index (χ4n) is 3.25. The Morgan fingerprint density at radius 3 is 2.75 bits per heavy atom. The minimum atomic E-state index is 0.252. The number of hydrogen-bond acceptors (Lipinski definition) is 3. The van der Waals surface area contributed by atoms with Gasteiger partial charge in [0.2, 0.25) is 0 Å². The molecule has 0 aliphatic heterocycles. The summed E-state index contributed by atoms with van der Waals surface area (Å²) in [5.41, 5.74) is 1.32. The molecule has 106 valence electrons. The third-order valence-electron chi connectivity index (χ3n) is 4.41. The first kappa shape index (κ1) is 13.5. The van der Waals surface area contributed by atoms with Crippen molar-refractivity contribution in [2.45, 2.75) is 45.6 Å². The zero-order valence-electron chi connectivity index (χ0n) is 12.0. The second-order valence-corrected chi connectivity index (χ2v) is 6.60. The highest BCUT2D eigenvalue weighted by Crippen LogP contribution is 2.45. The number of pyridine rings is 1. The molecule has 0 bridgehead atoms. The molecule has 4 nitrogen and oxygen atoms in total. The van der Waals surface area contributed by atoms with Gasteiger partial charge in [0.25, 0.3) is 0 Å². The van der Waals surface area contributed by atoms with E-state index >= 15 is 0 Å². The van der Waals surface area contributed by atoms with Gasteiger partial charge in [-0.05, 0) is 42.6 Å². The fourth-order valence-corrected chi connectivity index (χ4v) is 3.51. The van der Waals surface area contributed by atoms with Gasteiger partial charge in [0, 0.05) is 24.0 Å². The Kier molecular flexibility index (Phi) is 3.46. The van der Waals surface area contributed by atoms with Crippen LogP contribution in [0.15, 0.2) is 24.5 Å². The summed E-state index contributed by atoms with van der Waals surface area (Å²) in [6.07, 6.45) is 8.56. The van der Waals surface area contributed by atoms with Crippen LogP contribution in [0.25, 0.3) is 11.4 Å². The van der Waals surface area contributed by atoms with Crippen molar-refractivity contribution in [1.82, 2.24) is 19.7 Å². The van der Waals surface area contributed by atoms with E-state index in [1.54, 1.807) is 12.4 Å². The number of aromatic amines is 1. The summed E-state index contributed by atoms with van der Waals surface area (Å²) in [5.74, 6) is 0.928. The van der Waals surface area contributed by atoms with E-state index in [9.17, 15) is 0 Å². The minimum absolute atomic E-state index is 0.252. The third-order valence-corrected chi connectivity index (χ3v) is 4.69. The van der Waals surface area contributed by atoms with Crippen LogP contribution in [0.2, 0.25) is 0 Å². The molecule has 1 atom stereocenters. The van der Waals surface area contributed by atoms with E-state index < -0.39 is 0 Å². The zero-order valence-corrected chi connectivity index (χ0v) is 12.8. The van der Waals surface area contributed by atoms with Crippen LogP contribution < -0.4 is 0 Å². The van der Waals surface area contributed by atoms with Crippen LogP contribution in [0.5, 0.6) is 0 Å². The van der Waals surface area contributed by atoms with Crippen molar-refractivity contribution < 1.29 is 0 Å². The van der Waals surface area contributed by atoms with Gasteiger partial charge in [0.1, 0.15) is 0 Å². The summed E-state index contributed by atoms with van der Waals surface area (Å²) in [6, 6.07) is 4.37. The molecule has 0 aromatic carbocycles. The van der Waals surface area contributed by atoms with Crippen molar-refractivity contribution in [2.75, 3.05) is 0 Å². The molecular formula is C15H20N4S. The average Bonchev–Trinajstić information content (AvgIpc) is 2.81. The lowest BCUT2D eigenvalue weighted by Gasteiger charge is -2.39. The summed E-state index contributed by atoms with van der Waals surface area (Å²) in [7, 11) is 0. The molecule has 1 N–H and O–H groups in total. The Morgan fingerprint density at radius 2 is 2.05 bits per heavy atom. The number of aromatic nitrogens is 4. The largest absolute Gasteiger partial charge is 0.297 e. The lowest BCUT2D eigenvalue weighted by molar-refractivity contribution is 0.144. The third kappa shape index (κ3) is 2.30. The van der Waals surface area contributed by atoms with E-state index in [1.165, 1.54) is 25.7 Å². The maximum Gasteiger partial charge on any atom is 0.195 e. The number of nitrogens with one attached hydrogen (secondary N) is 1. The Labute approximate surface area is 124 Å². The standard InChI is InChI=1S/C15H20N4S/c1-15(2)8-4-3-5-12(15)19-13(17-18-14(19)20)11-6-9-16-10-7-11/h6-7,9-10,12H,3-5,8H2,1-2H3,(H,18,20). The van der Waals surface area contributed by atoms with Gasteiger partial charge in [0.15, 0.2) is 10.6 Å². The van der Waals surface area contributed by atoms with Crippen LogP contribution in [0.1, 0.15) is 45.6 Å². The van der Waals surface area contributed by atoms with Gasteiger partial charge < -0.3 is 0 Å². The molecule has 1 fully saturated rings. The van der Waals surface area contributed by atoms with Crippen molar-refractivity contribution in [1.29, 1.82) is 0 Å². The average molecular weight is 288 g/mol. The smallest absolute Gasteiger partial charge is 0.195 e. The molecule has 0 saturated heterocycles. The van der Waals surface area contributed by atoms with Crippen molar-refractivity contribution in [3.8, 4) is 11.4 Å². The van der Waals surface area contributed by atoms with Crippen molar-refractivity contribution in [3.63, 3.8) is 0 Å². The van der Waals surface area contributed by atoms with Crippen molar-refractivity contribution in [3.05, 3.63) is 29.3 Å². The maximum atomic E-state index is 5.49. The molecule has 0 radical (unpaired) electrons. The van der Waals surface area contributed by atoms with Gasteiger partial charge in [-0.1, -0.05) is 26.7 Å². The van der Waals surface area contributed by atoms with Gasteiger partial charge >= 0.3 is 0 Å². The molecule has 0 spiro atoms. The molecule has 2 aromatic heterocycles. The summed E-state index contributed by atoms with van der Waals surface area (Å²) in [4.78, 5) is 4.08. The topological polar surface area (TPSA) is 46.5 Å². The SMILES string of the molecule is CC1(C)CCCCC1n1c(-c2ccncc2)n[nH]c1=S. The van der Waals surface area contributed by atoms with E-state index in [1.807, 2.05) is 12.1 Å². The number of hydrogen-bond donors (Lipinski definition) is 1. The van der Waals surface area contributed by atoms with Crippen LogP contribution in [-0.4, -0.2) is 19.7 Å². The fraction of sp³-hybridized carbons (Fsp3) is 0.533. The summed E-state index contributed by atoms with van der Waals surface area (Å²) < 4.78 is 2.93. The Bertz CT molecular complexity index is 641. The Balaban J connectivity index is 2.10. The summed E-state index contributed by atoms with van der Waals surface area (Å²) >= 11 is 5.49. The predicted molar refractivity (Wildman–Crippen MR) is 81.9 cm³/mol. The molecule has 20 heavy (non-hydrogen) atoms. The minimum Gasteiger partial charge on any atom is -0.297 e. The normalized spacial score (nSPS) is 21.8. The Morgan fingerprint density at radius 1 is 1.30 bits per heavy atom. The number of H-pyrrole nitrogens is 1. The van der Waals surface area contributed by atoms with Crippen LogP contribution in [-0.2, 0) is 0 Å². The van der Waals surface area contributed by atoms with E-state index in [-0.39, 0.29) is 5.41 Å². The first-order valence-corrected chi connectivity index (χ1v) is 7.58. The molecule has 2 aromatic rings. The van der Waals surface area contributed by atoms with Crippen molar-refractivity contribution in [2.24, 2.45) is 5.41 Å². The monoisotopic (exact) mass is 288 g/mol. The molecule has 1 unspecified atom stereocenters. The molecule has 1 aliphatic rings. The van der Waals surface area contributed by atoms with E-state index in [2.05, 4.69) is 33.6 Å². The lowest BCUT2D eigenvalue weighted by atomic mass is 9.73. The molecule has 0 amide bonds. The quantitative estimate of drug-likeness (QED) is 0.845. The van der Waals surface area contributed by atoms with Gasteiger partial charge in [-0.3, -0.25) is 14.6 Å². The van der Waals surface area contributed by atoms with Gasteiger partial charge in [-0.25, -0.2) is 0 Å². The first-order chi connectivity index (χ1) is 9.59. The van der Waals surface area contributed by atoms with Crippen LogP contribution in [0.3, 0.4) is 0 Å². The molecule has 3 rings (SSSR count). The second-order valence-electron chi connectivity index (χ2n) is 6.21. The molecule has 1 aliphatic carbocycles.